The smallest absolute Gasteiger partial charge is 0.134 e. The van der Waals surface area contributed by atoms with Crippen LogP contribution in [0.1, 0.15) is 32.1 Å². The molecule has 1 aromatic rings. The Labute approximate surface area is 156 Å². The third kappa shape index (κ3) is 5.06. The van der Waals surface area contributed by atoms with Crippen LogP contribution in [0.2, 0.25) is 0 Å². The molecule has 6 heteroatoms. The predicted molar refractivity (Wildman–Crippen MR) is 112 cm³/mol. The molecule has 2 atom stereocenters. The van der Waals surface area contributed by atoms with Crippen molar-refractivity contribution in [2.24, 2.45) is 5.84 Å². The van der Waals surface area contributed by atoms with Crippen molar-refractivity contribution in [1.29, 1.82) is 0 Å². The number of hydrazine groups is 1. The van der Waals surface area contributed by atoms with E-state index in [9.17, 15) is 4.21 Å². The van der Waals surface area contributed by atoms with Crippen molar-refractivity contribution in [2.75, 3.05) is 23.0 Å². The first-order valence-corrected chi connectivity index (χ1v) is 11.4. The second-order valence-corrected chi connectivity index (χ2v) is 9.96. The molecule has 3 rings (SSSR count). The lowest BCUT2D eigenvalue weighted by Gasteiger charge is -2.27. The van der Waals surface area contributed by atoms with Crippen LogP contribution in [0, 0.1) is 0 Å². The molecular weight excluding hydrogens is 350 g/mol. The molecule has 136 valence electrons. The fourth-order valence-electron chi connectivity index (χ4n) is 2.83. The van der Waals surface area contributed by atoms with Crippen molar-refractivity contribution in [2.45, 2.75) is 32.1 Å². The summed E-state index contributed by atoms with van der Waals surface area (Å²) in [6.07, 6.45) is 12.5. The first kappa shape index (κ1) is 18.4. The maximum Gasteiger partial charge on any atom is 0.134 e. The van der Waals surface area contributed by atoms with Gasteiger partial charge in [-0.2, -0.15) is 0 Å². The lowest BCUT2D eigenvalue weighted by Crippen LogP contribution is -2.34. The Morgan fingerprint density at radius 1 is 1.12 bits per heavy atom. The number of allylic oxidation sites excluding steroid dienone is 3. The molecule has 1 fully saturated rings. The second-order valence-electron chi connectivity index (χ2n) is 6.25. The summed E-state index contributed by atoms with van der Waals surface area (Å²) in [7, 11) is 1.17. The van der Waals surface area contributed by atoms with E-state index in [0.717, 1.165) is 30.7 Å². The highest BCUT2D eigenvalue weighted by Crippen LogP contribution is 2.36. The molecule has 0 aliphatic heterocycles. The van der Waals surface area contributed by atoms with Crippen LogP contribution < -0.4 is 10.3 Å². The standard InChI is InChI=1S/C19H27N3OS2/c1-21(17-9-4-2-5-10-17)24(19-13-14-19)15-8-16-25(23)22(20)18-11-6-3-7-12-18/h3-4,6-7,9-12H,2,5,8,13-16,20H2,1H3. The summed E-state index contributed by atoms with van der Waals surface area (Å²) in [5, 5.41) is 0. The van der Waals surface area contributed by atoms with Crippen LogP contribution in [0.25, 0.3) is 0 Å². The molecule has 0 saturated heterocycles. The van der Waals surface area contributed by atoms with E-state index >= 15 is 0 Å². The monoisotopic (exact) mass is 377 g/mol. The quantitative estimate of drug-likeness (QED) is 0.427. The number of anilines is 1. The lowest BCUT2D eigenvalue weighted by atomic mass is 10.1. The maximum atomic E-state index is 12.5. The minimum atomic E-state index is -1.18. The van der Waals surface area contributed by atoms with Gasteiger partial charge in [0.1, 0.15) is 11.0 Å². The zero-order chi connectivity index (χ0) is 17.6. The molecule has 0 spiro atoms. The fraction of sp³-hybridized carbons (Fsp3) is 0.421. The van der Waals surface area contributed by atoms with Gasteiger partial charge in [-0.05, 0) is 55.2 Å². The topological polar surface area (TPSA) is 49.6 Å². The third-order valence-corrected chi connectivity index (χ3v) is 8.25. The van der Waals surface area contributed by atoms with E-state index in [1.165, 1.54) is 23.0 Å². The third-order valence-electron chi connectivity index (χ3n) is 4.34. The second kappa shape index (κ2) is 8.83. The molecule has 2 N–H and O–H groups in total. The molecule has 2 aliphatic carbocycles. The zero-order valence-electron chi connectivity index (χ0n) is 14.8. The molecule has 0 radical (unpaired) electrons. The van der Waals surface area contributed by atoms with E-state index in [1.807, 2.05) is 30.3 Å². The van der Waals surface area contributed by atoms with E-state index in [0.29, 0.717) is 5.75 Å². The molecule has 1 aromatic carbocycles. The van der Waals surface area contributed by atoms with E-state index in [2.05, 4.69) is 29.6 Å². The van der Waals surface area contributed by atoms with Gasteiger partial charge in [-0.3, -0.25) is 0 Å². The summed E-state index contributed by atoms with van der Waals surface area (Å²) in [6.45, 7) is 0. The number of likely N-dealkylation sites (N-methyl/N-ethyl adjacent to an activating group) is 1. The molecule has 2 unspecified atom stereocenters. The van der Waals surface area contributed by atoms with Gasteiger partial charge < -0.3 is 4.31 Å². The molecule has 0 aromatic heterocycles. The summed E-state index contributed by atoms with van der Waals surface area (Å²) < 4.78 is 16.3. The Kier molecular flexibility index (Phi) is 6.51. The minimum Gasteiger partial charge on any atom is -0.325 e. The van der Waals surface area contributed by atoms with E-state index in [4.69, 9.17) is 5.84 Å². The van der Waals surface area contributed by atoms with Gasteiger partial charge in [0.05, 0.1) is 5.69 Å². The summed E-state index contributed by atoms with van der Waals surface area (Å²) in [4.78, 5) is 1.65. The number of rotatable bonds is 8. The Balaban J connectivity index is 1.55. The molecule has 0 amide bonds. The van der Waals surface area contributed by atoms with Gasteiger partial charge in [-0.15, -0.1) is 0 Å². The van der Waals surface area contributed by atoms with Crippen molar-refractivity contribution in [3.63, 3.8) is 0 Å². The number of nitrogens with zero attached hydrogens (tertiary/aromatic N) is 2. The van der Waals surface area contributed by atoms with Crippen LogP contribution in [0.5, 0.6) is 0 Å². The highest BCUT2D eigenvalue weighted by molar-refractivity contribution is 8.14. The average molecular weight is 378 g/mol. The van der Waals surface area contributed by atoms with E-state index in [1.54, 1.807) is 4.86 Å². The van der Waals surface area contributed by atoms with Crippen LogP contribution in [-0.4, -0.2) is 31.9 Å². The average Bonchev–Trinajstić information content (AvgIpc) is 3.50. The first-order valence-electron chi connectivity index (χ1n) is 8.81. The van der Waals surface area contributed by atoms with Gasteiger partial charge in [0.25, 0.3) is 0 Å². The molecule has 4 nitrogen and oxygen atoms in total. The van der Waals surface area contributed by atoms with Crippen molar-refractivity contribution < 1.29 is 4.21 Å². The van der Waals surface area contributed by atoms with Crippen LogP contribution in [0.15, 0.2) is 54.3 Å². The van der Waals surface area contributed by atoms with Gasteiger partial charge in [-0.1, -0.05) is 41.0 Å². The van der Waals surface area contributed by atoms with Gasteiger partial charge >= 0.3 is 0 Å². The van der Waals surface area contributed by atoms with Crippen LogP contribution in [0.3, 0.4) is 0 Å². The van der Waals surface area contributed by atoms with Gasteiger partial charge in [-0.25, -0.2) is 14.5 Å². The first-order chi connectivity index (χ1) is 12.2. The SMILES string of the molecule is CN(C1=CCCC=C1)S(CCCS(=O)N(N)c1ccccc1)=C1CC1. The summed E-state index contributed by atoms with van der Waals surface area (Å²) >= 11 is 0. The number of para-hydroxylation sites is 1. The van der Waals surface area contributed by atoms with Crippen molar-refractivity contribution >= 4 is 32.2 Å². The molecule has 1 saturated carbocycles. The Bertz CT molecular complexity index is 707. The van der Waals surface area contributed by atoms with Crippen molar-refractivity contribution in [1.82, 2.24) is 4.31 Å². The predicted octanol–water partition coefficient (Wildman–Crippen LogP) is 3.74. The number of hydrogen-bond donors (Lipinski definition) is 1. The van der Waals surface area contributed by atoms with Crippen molar-refractivity contribution in [3.8, 4) is 0 Å². The summed E-state index contributed by atoms with van der Waals surface area (Å²) in [5.74, 6) is 7.67. The Morgan fingerprint density at radius 3 is 2.52 bits per heavy atom. The molecule has 0 heterocycles. The molecule has 25 heavy (non-hydrogen) atoms. The van der Waals surface area contributed by atoms with Gasteiger partial charge in [0.2, 0.25) is 0 Å². The zero-order valence-corrected chi connectivity index (χ0v) is 16.4. The van der Waals surface area contributed by atoms with Crippen LogP contribution in [-0.2, 0) is 11.0 Å². The lowest BCUT2D eigenvalue weighted by molar-refractivity contribution is 0.678. The van der Waals surface area contributed by atoms with E-state index < -0.39 is 11.0 Å². The fourth-order valence-corrected chi connectivity index (χ4v) is 6.29. The molecule has 0 bridgehead atoms. The minimum absolute atomic E-state index is 0.155. The van der Waals surface area contributed by atoms with Crippen LogP contribution >= 0.6 is 10.7 Å². The highest BCUT2D eigenvalue weighted by atomic mass is 32.2. The summed E-state index contributed by atoms with van der Waals surface area (Å²) in [6, 6.07) is 9.53. The normalized spacial score (nSPS) is 18.5. The van der Waals surface area contributed by atoms with Gasteiger partial charge in [0.15, 0.2) is 0 Å². The Morgan fingerprint density at radius 2 is 1.88 bits per heavy atom. The van der Waals surface area contributed by atoms with Gasteiger partial charge in [0, 0.05) is 24.3 Å². The number of nitrogens with two attached hydrogens (primary N) is 1. The van der Waals surface area contributed by atoms with Crippen molar-refractivity contribution in [3.05, 3.63) is 54.3 Å². The summed E-state index contributed by atoms with van der Waals surface area (Å²) in [5.41, 5.74) is 2.13. The molecular formula is C19H27N3OS2. The Hall–Kier alpha value is -1.37. The number of hydrogen-bond acceptors (Lipinski definition) is 3. The van der Waals surface area contributed by atoms with E-state index in [-0.39, 0.29) is 10.7 Å². The highest BCUT2D eigenvalue weighted by Gasteiger charge is 2.21. The molecule has 2 aliphatic rings. The maximum absolute atomic E-state index is 12.5. The number of benzene rings is 1. The largest absolute Gasteiger partial charge is 0.325 e. The van der Waals surface area contributed by atoms with Crippen LogP contribution in [0.4, 0.5) is 5.69 Å².